The molecule has 4 nitrogen and oxygen atoms in total. The Morgan fingerprint density at radius 1 is 1.47 bits per heavy atom. The Labute approximate surface area is 113 Å². The maximum Gasteiger partial charge on any atom is 0.262 e. The first-order chi connectivity index (χ1) is 8.95. The van der Waals surface area contributed by atoms with Crippen molar-refractivity contribution in [3.63, 3.8) is 0 Å². The standard InChI is InChI=1S/C14H21FN2O2/c1-5-16-9-11-8-12(15)6-7-13(11)19-10(2)14(18)17(3)4/h6-8,10,16H,5,9H2,1-4H3. The molecule has 1 amide bonds. The van der Waals surface area contributed by atoms with Gasteiger partial charge in [-0.2, -0.15) is 0 Å². The Morgan fingerprint density at radius 2 is 2.16 bits per heavy atom. The van der Waals surface area contributed by atoms with Gasteiger partial charge in [-0.3, -0.25) is 4.79 Å². The van der Waals surface area contributed by atoms with E-state index in [0.29, 0.717) is 17.9 Å². The summed E-state index contributed by atoms with van der Waals surface area (Å²) in [6, 6.07) is 4.31. The first kappa shape index (κ1) is 15.4. The number of hydrogen-bond acceptors (Lipinski definition) is 3. The normalized spacial score (nSPS) is 12.1. The van der Waals surface area contributed by atoms with Crippen molar-refractivity contribution >= 4 is 5.91 Å². The third-order valence-electron chi connectivity index (χ3n) is 2.68. The van der Waals surface area contributed by atoms with Crippen LogP contribution in [0, 0.1) is 5.82 Å². The zero-order valence-electron chi connectivity index (χ0n) is 11.9. The van der Waals surface area contributed by atoms with E-state index in [-0.39, 0.29) is 11.7 Å². The molecule has 19 heavy (non-hydrogen) atoms. The molecule has 0 spiro atoms. The molecule has 0 aromatic heterocycles. The predicted octanol–water partition coefficient (Wildman–Crippen LogP) is 1.79. The number of benzene rings is 1. The Bertz CT molecular complexity index is 435. The summed E-state index contributed by atoms with van der Waals surface area (Å²) in [6.07, 6.45) is -0.596. The number of rotatable bonds is 6. The second-order valence-corrected chi connectivity index (χ2v) is 4.53. The van der Waals surface area contributed by atoms with E-state index in [1.165, 1.54) is 17.0 Å². The van der Waals surface area contributed by atoms with Gasteiger partial charge in [0.15, 0.2) is 6.10 Å². The number of carbonyl (C=O) groups is 1. The van der Waals surface area contributed by atoms with Crippen molar-refractivity contribution in [2.45, 2.75) is 26.5 Å². The van der Waals surface area contributed by atoms with Crippen LogP contribution in [-0.4, -0.2) is 37.6 Å². The molecule has 1 rings (SSSR count). The molecule has 0 aliphatic heterocycles. The Hall–Kier alpha value is -1.62. The van der Waals surface area contributed by atoms with Crippen LogP contribution in [0.2, 0.25) is 0 Å². The van der Waals surface area contributed by atoms with E-state index in [0.717, 1.165) is 6.54 Å². The molecule has 0 radical (unpaired) electrons. The molecule has 0 heterocycles. The minimum atomic E-state index is -0.596. The van der Waals surface area contributed by atoms with Crippen molar-refractivity contribution < 1.29 is 13.9 Å². The third kappa shape index (κ3) is 4.52. The van der Waals surface area contributed by atoms with Crippen LogP contribution in [0.1, 0.15) is 19.4 Å². The SMILES string of the molecule is CCNCc1cc(F)ccc1OC(C)C(=O)N(C)C. The maximum atomic E-state index is 13.2. The Kier molecular flexibility index (Phi) is 5.76. The van der Waals surface area contributed by atoms with E-state index >= 15 is 0 Å². The average Bonchev–Trinajstić information content (AvgIpc) is 2.37. The number of likely N-dealkylation sites (N-methyl/N-ethyl adjacent to an activating group) is 1. The Morgan fingerprint density at radius 3 is 2.74 bits per heavy atom. The topological polar surface area (TPSA) is 41.6 Å². The number of halogens is 1. The van der Waals surface area contributed by atoms with Gasteiger partial charge in [0, 0.05) is 26.2 Å². The van der Waals surface area contributed by atoms with E-state index < -0.39 is 6.10 Å². The predicted molar refractivity (Wildman–Crippen MR) is 72.6 cm³/mol. The van der Waals surface area contributed by atoms with Crippen LogP contribution in [-0.2, 0) is 11.3 Å². The van der Waals surface area contributed by atoms with Crippen molar-refractivity contribution in [3.8, 4) is 5.75 Å². The van der Waals surface area contributed by atoms with Gasteiger partial charge in [0.1, 0.15) is 11.6 Å². The lowest BCUT2D eigenvalue weighted by atomic mass is 10.2. The molecule has 0 bridgehead atoms. The molecule has 0 saturated carbocycles. The highest BCUT2D eigenvalue weighted by atomic mass is 19.1. The summed E-state index contributed by atoms with van der Waals surface area (Å²) in [5, 5.41) is 3.12. The summed E-state index contributed by atoms with van der Waals surface area (Å²) in [7, 11) is 3.35. The van der Waals surface area contributed by atoms with Crippen LogP contribution in [0.25, 0.3) is 0 Å². The summed E-state index contributed by atoms with van der Waals surface area (Å²) in [5.41, 5.74) is 0.709. The van der Waals surface area contributed by atoms with Gasteiger partial charge in [0.2, 0.25) is 0 Å². The zero-order valence-corrected chi connectivity index (χ0v) is 11.9. The third-order valence-corrected chi connectivity index (χ3v) is 2.68. The van der Waals surface area contributed by atoms with Crippen LogP contribution >= 0.6 is 0 Å². The molecule has 1 aromatic carbocycles. The van der Waals surface area contributed by atoms with E-state index in [1.807, 2.05) is 6.92 Å². The van der Waals surface area contributed by atoms with Crippen molar-refractivity contribution in [1.29, 1.82) is 0 Å². The van der Waals surface area contributed by atoms with E-state index in [4.69, 9.17) is 4.74 Å². The van der Waals surface area contributed by atoms with Crippen molar-refractivity contribution in [3.05, 3.63) is 29.6 Å². The summed E-state index contributed by atoms with van der Waals surface area (Å²) < 4.78 is 18.9. The highest BCUT2D eigenvalue weighted by molar-refractivity contribution is 5.80. The van der Waals surface area contributed by atoms with Gasteiger partial charge in [-0.15, -0.1) is 0 Å². The molecule has 5 heteroatoms. The molecule has 1 unspecified atom stereocenters. The second-order valence-electron chi connectivity index (χ2n) is 4.53. The van der Waals surface area contributed by atoms with Gasteiger partial charge < -0.3 is 15.0 Å². The molecule has 0 fully saturated rings. The summed E-state index contributed by atoms with van der Waals surface area (Å²) >= 11 is 0. The van der Waals surface area contributed by atoms with E-state index in [1.54, 1.807) is 27.1 Å². The Balaban J connectivity index is 2.84. The van der Waals surface area contributed by atoms with Crippen LogP contribution in [0.15, 0.2) is 18.2 Å². The largest absolute Gasteiger partial charge is 0.481 e. The highest BCUT2D eigenvalue weighted by Crippen LogP contribution is 2.21. The van der Waals surface area contributed by atoms with Crippen molar-refractivity contribution in [2.24, 2.45) is 0 Å². The summed E-state index contributed by atoms with van der Waals surface area (Å²) in [5.74, 6) is 0.0932. The van der Waals surface area contributed by atoms with Gasteiger partial charge in [-0.25, -0.2) is 4.39 Å². The lowest BCUT2D eigenvalue weighted by molar-refractivity contribution is -0.135. The number of nitrogens with one attached hydrogen (secondary N) is 1. The van der Waals surface area contributed by atoms with Crippen LogP contribution in [0.3, 0.4) is 0 Å². The maximum absolute atomic E-state index is 13.2. The molecule has 0 aliphatic carbocycles. The van der Waals surface area contributed by atoms with E-state index in [2.05, 4.69) is 5.32 Å². The number of nitrogens with zero attached hydrogens (tertiary/aromatic N) is 1. The fourth-order valence-electron chi connectivity index (χ4n) is 1.67. The van der Waals surface area contributed by atoms with Crippen LogP contribution < -0.4 is 10.1 Å². The zero-order chi connectivity index (χ0) is 14.4. The molecule has 1 atom stereocenters. The van der Waals surface area contributed by atoms with Gasteiger partial charge >= 0.3 is 0 Å². The molecular formula is C14H21FN2O2. The van der Waals surface area contributed by atoms with Crippen LogP contribution in [0.5, 0.6) is 5.75 Å². The minimum Gasteiger partial charge on any atom is -0.481 e. The number of hydrogen-bond donors (Lipinski definition) is 1. The summed E-state index contributed by atoms with van der Waals surface area (Å²) in [6.45, 7) is 4.94. The fraction of sp³-hybridized carbons (Fsp3) is 0.500. The van der Waals surface area contributed by atoms with Crippen LogP contribution in [0.4, 0.5) is 4.39 Å². The molecule has 0 aliphatic rings. The second kappa shape index (κ2) is 7.09. The van der Waals surface area contributed by atoms with Gasteiger partial charge in [-0.1, -0.05) is 6.92 Å². The smallest absolute Gasteiger partial charge is 0.262 e. The number of amides is 1. The van der Waals surface area contributed by atoms with Gasteiger partial charge in [0.25, 0.3) is 5.91 Å². The lowest BCUT2D eigenvalue weighted by Gasteiger charge is -2.20. The monoisotopic (exact) mass is 268 g/mol. The molecule has 1 N–H and O–H groups in total. The minimum absolute atomic E-state index is 0.126. The number of carbonyl (C=O) groups excluding carboxylic acids is 1. The van der Waals surface area contributed by atoms with Gasteiger partial charge in [0.05, 0.1) is 0 Å². The van der Waals surface area contributed by atoms with Gasteiger partial charge in [-0.05, 0) is 31.7 Å². The highest BCUT2D eigenvalue weighted by Gasteiger charge is 2.18. The van der Waals surface area contributed by atoms with Crippen molar-refractivity contribution in [2.75, 3.05) is 20.6 Å². The first-order valence-electron chi connectivity index (χ1n) is 6.32. The first-order valence-corrected chi connectivity index (χ1v) is 6.32. The molecule has 1 aromatic rings. The van der Waals surface area contributed by atoms with E-state index in [9.17, 15) is 9.18 Å². The number of ether oxygens (including phenoxy) is 1. The quantitative estimate of drug-likeness (QED) is 0.855. The summed E-state index contributed by atoms with van der Waals surface area (Å²) in [4.78, 5) is 13.2. The van der Waals surface area contributed by atoms with Crippen molar-refractivity contribution in [1.82, 2.24) is 10.2 Å². The molecular weight excluding hydrogens is 247 g/mol. The molecule has 106 valence electrons. The lowest BCUT2D eigenvalue weighted by Crippen LogP contribution is -2.35. The fourth-order valence-corrected chi connectivity index (χ4v) is 1.67. The average molecular weight is 268 g/mol. The molecule has 0 saturated heterocycles.